The van der Waals surface area contributed by atoms with Crippen molar-refractivity contribution in [1.82, 2.24) is 4.90 Å². The third kappa shape index (κ3) is 5.31. The summed E-state index contributed by atoms with van der Waals surface area (Å²) in [5, 5.41) is 0.333. The minimum Gasteiger partial charge on any atom is -0.320 e. The average molecular weight is 484 g/mol. The van der Waals surface area contributed by atoms with Crippen molar-refractivity contribution in [3.8, 4) is 0 Å². The number of halogens is 1. The van der Waals surface area contributed by atoms with Crippen LogP contribution in [-0.2, 0) is 16.6 Å². The van der Waals surface area contributed by atoms with Gasteiger partial charge in [-0.15, -0.1) is 0 Å². The molecule has 2 amide bonds. The molecular weight excluding hydrogens is 458 g/mol. The van der Waals surface area contributed by atoms with Gasteiger partial charge in [-0.2, -0.15) is 0 Å². The maximum atomic E-state index is 13.4. The first-order chi connectivity index (χ1) is 15.7. The Morgan fingerprint density at radius 2 is 1.67 bits per heavy atom. The Bertz CT molecular complexity index is 1270. The van der Waals surface area contributed by atoms with Crippen LogP contribution in [0.4, 0.5) is 16.2 Å². The van der Waals surface area contributed by atoms with E-state index < -0.39 is 10.0 Å². The van der Waals surface area contributed by atoms with E-state index in [4.69, 9.17) is 11.6 Å². The standard InChI is InChI=1S/C25H26ClN3O3S/c1-18-13-19(2)15-20(14-18)17-28-11-6-12-29(25(28)30)24-10-4-3-9-23(24)27-33(31,32)22-8-5-7-21(26)16-22/h3-5,7-10,13-16,27H,6,11-12,17H2,1-2H3. The van der Waals surface area contributed by atoms with Gasteiger partial charge < -0.3 is 4.90 Å². The molecule has 3 aromatic carbocycles. The lowest BCUT2D eigenvalue weighted by atomic mass is 10.1. The monoisotopic (exact) mass is 483 g/mol. The van der Waals surface area contributed by atoms with Crippen LogP contribution in [0, 0.1) is 13.8 Å². The molecule has 0 saturated carbocycles. The summed E-state index contributed by atoms with van der Waals surface area (Å²) in [7, 11) is -3.87. The molecule has 1 aliphatic heterocycles. The molecule has 1 fully saturated rings. The van der Waals surface area contributed by atoms with E-state index in [9.17, 15) is 13.2 Å². The molecule has 1 saturated heterocycles. The molecule has 1 aliphatic rings. The van der Waals surface area contributed by atoms with Gasteiger partial charge in [0, 0.05) is 24.7 Å². The van der Waals surface area contributed by atoms with Gasteiger partial charge in [0.1, 0.15) is 0 Å². The van der Waals surface area contributed by atoms with Gasteiger partial charge in [0.2, 0.25) is 0 Å². The van der Waals surface area contributed by atoms with Crippen LogP contribution in [0.5, 0.6) is 0 Å². The van der Waals surface area contributed by atoms with Gasteiger partial charge in [0.05, 0.1) is 16.3 Å². The van der Waals surface area contributed by atoms with Gasteiger partial charge in [-0.05, 0) is 56.2 Å². The number of sulfonamides is 1. The number of anilines is 2. The summed E-state index contributed by atoms with van der Waals surface area (Å²) in [6, 6.07) is 19.2. The molecule has 4 rings (SSSR count). The van der Waals surface area contributed by atoms with Crippen molar-refractivity contribution >= 4 is 39.0 Å². The second-order valence-corrected chi connectivity index (χ2v) is 10.4. The Morgan fingerprint density at radius 3 is 2.39 bits per heavy atom. The zero-order valence-electron chi connectivity index (χ0n) is 18.6. The Balaban J connectivity index is 1.59. The Kier molecular flexibility index (Phi) is 6.63. The third-order valence-corrected chi connectivity index (χ3v) is 7.11. The molecule has 1 heterocycles. The normalized spacial score (nSPS) is 14.5. The van der Waals surface area contributed by atoms with Crippen LogP contribution in [0.25, 0.3) is 0 Å². The lowest BCUT2D eigenvalue weighted by molar-refractivity contribution is 0.192. The van der Waals surface area contributed by atoms with Gasteiger partial charge in [0.15, 0.2) is 0 Å². The molecule has 172 valence electrons. The number of nitrogens with zero attached hydrogens (tertiary/aromatic N) is 2. The van der Waals surface area contributed by atoms with Crippen molar-refractivity contribution in [1.29, 1.82) is 0 Å². The van der Waals surface area contributed by atoms with Crippen molar-refractivity contribution in [2.75, 3.05) is 22.7 Å². The Morgan fingerprint density at radius 1 is 0.939 bits per heavy atom. The first-order valence-electron chi connectivity index (χ1n) is 10.7. The highest BCUT2D eigenvalue weighted by Gasteiger charge is 2.29. The van der Waals surface area contributed by atoms with Crippen molar-refractivity contribution in [3.63, 3.8) is 0 Å². The van der Waals surface area contributed by atoms with Crippen LogP contribution >= 0.6 is 11.6 Å². The Labute approximate surface area is 199 Å². The van der Waals surface area contributed by atoms with Crippen LogP contribution in [0.1, 0.15) is 23.1 Å². The number of para-hydroxylation sites is 2. The van der Waals surface area contributed by atoms with Gasteiger partial charge in [0.25, 0.3) is 10.0 Å². The molecule has 33 heavy (non-hydrogen) atoms. The quantitative estimate of drug-likeness (QED) is 0.496. The molecule has 0 aliphatic carbocycles. The average Bonchev–Trinajstić information content (AvgIpc) is 2.75. The van der Waals surface area contributed by atoms with Crippen LogP contribution in [0.3, 0.4) is 0 Å². The van der Waals surface area contributed by atoms with E-state index in [1.807, 2.05) is 13.8 Å². The summed E-state index contributed by atoms with van der Waals surface area (Å²) < 4.78 is 28.5. The SMILES string of the molecule is Cc1cc(C)cc(CN2CCCN(c3ccccc3NS(=O)(=O)c3cccc(Cl)c3)C2=O)c1. The number of rotatable bonds is 6. The summed E-state index contributed by atoms with van der Waals surface area (Å²) in [6.07, 6.45) is 0.784. The highest BCUT2D eigenvalue weighted by molar-refractivity contribution is 7.92. The number of carbonyl (C=O) groups is 1. The minimum atomic E-state index is -3.87. The number of urea groups is 1. The molecule has 0 radical (unpaired) electrons. The zero-order valence-corrected chi connectivity index (χ0v) is 20.2. The van der Waals surface area contributed by atoms with Gasteiger partial charge in [-0.25, -0.2) is 13.2 Å². The molecule has 6 nitrogen and oxygen atoms in total. The van der Waals surface area contributed by atoms with E-state index in [1.54, 1.807) is 46.2 Å². The number of carbonyl (C=O) groups excluding carboxylic acids is 1. The molecule has 0 bridgehead atoms. The van der Waals surface area contributed by atoms with E-state index >= 15 is 0 Å². The van der Waals surface area contributed by atoms with E-state index in [-0.39, 0.29) is 10.9 Å². The predicted molar refractivity (Wildman–Crippen MR) is 132 cm³/mol. The summed E-state index contributed by atoms with van der Waals surface area (Å²) in [6.45, 7) is 5.76. The lowest BCUT2D eigenvalue weighted by Gasteiger charge is -2.36. The number of benzene rings is 3. The molecule has 1 N–H and O–H groups in total. The number of nitrogens with one attached hydrogen (secondary N) is 1. The summed E-state index contributed by atoms with van der Waals surface area (Å²) in [5.41, 5.74) is 4.27. The highest BCUT2D eigenvalue weighted by Crippen LogP contribution is 2.31. The smallest absolute Gasteiger partial charge is 0.320 e. The number of amides is 2. The molecule has 8 heteroatoms. The highest BCUT2D eigenvalue weighted by atomic mass is 35.5. The van der Waals surface area contributed by atoms with E-state index in [0.717, 1.165) is 23.1 Å². The zero-order chi connectivity index (χ0) is 23.6. The third-order valence-electron chi connectivity index (χ3n) is 5.51. The largest absolute Gasteiger partial charge is 0.324 e. The van der Waals surface area contributed by atoms with Gasteiger partial charge >= 0.3 is 6.03 Å². The molecule has 0 aromatic heterocycles. The van der Waals surface area contributed by atoms with Crippen LogP contribution in [0.2, 0.25) is 5.02 Å². The topological polar surface area (TPSA) is 69.7 Å². The summed E-state index contributed by atoms with van der Waals surface area (Å²) >= 11 is 5.98. The van der Waals surface area contributed by atoms with Crippen molar-refractivity contribution in [2.24, 2.45) is 0 Å². The molecule has 3 aromatic rings. The first kappa shape index (κ1) is 23.1. The van der Waals surface area contributed by atoms with Crippen LogP contribution in [0.15, 0.2) is 71.6 Å². The number of aryl methyl sites for hydroxylation is 2. The fourth-order valence-corrected chi connectivity index (χ4v) is 5.54. The van der Waals surface area contributed by atoms with E-state index in [0.29, 0.717) is 36.0 Å². The van der Waals surface area contributed by atoms with E-state index in [1.165, 1.54) is 12.1 Å². The maximum Gasteiger partial charge on any atom is 0.324 e. The van der Waals surface area contributed by atoms with Crippen LogP contribution < -0.4 is 9.62 Å². The fourth-order valence-electron chi connectivity index (χ4n) is 4.17. The molecule has 0 atom stereocenters. The van der Waals surface area contributed by atoms with Crippen LogP contribution in [-0.4, -0.2) is 32.4 Å². The second-order valence-electron chi connectivity index (χ2n) is 8.29. The van der Waals surface area contributed by atoms with Gasteiger partial charge in [-0.3, -0.25) is 9.62 Å². The second kappa shape index (κ2) is 9.45. The summed E-state index contributed by atoms with van der Waals surface area (Å²) in [5.74, 6) is 0. The molecule has 0 spiro atoms. The number of hydrogen-bond acceptors (Lipinski definition) is 3. The van der Waals surface area contributed by atoms with E-state index in [2.05, 4.69) is 22.9 Å². The van der Waals surface area contributed by atoms with Gasteiger partial charge in [-0.1, -0.05) is 59.1 Å². The fraction of sp³-hybridized carbons (Fsp3) is 0.240. The first-order valence-corrected chi connectivity index (χ1v) is 12.6. The predicted octanol–water partition coefficient (Wildman–Crippen LogP) is 5.59. The Hall–Kier alpha value is -3.03. The minimum absolute atomic E-state index is 0.0613. The summed E-state index contributed by atoms with van der Waals surface area (Å²) in [4.78, 5) is 16.9. The molecule has 0 unspecified atom stereocenters. The van der Waals surface area contributed by atoms with Crippen molar-refractivity contribution in [3.05, 3.63) is 88.4 Å². The van der Waals surface area contributed by atoms with Crippen molar-refractivity contribution in [2.45, 2.75) is 31.7 Å². The number of hydrogen-bond donors (Lipinski definition) is 1. The van der Waals surface area contributed by atoms with Crippen molar-refractivity contribution < 1.29 is 13.2 Å². The maximum absolute atomic E-state index is 13.4. The lowest BCUT2D eigenvalue weighted by Crippen LogP contribution is -2.49. The molecular formula is C25H26ClN3O3S.